The monoisotopic (exact) mass is 516 g/mol. The number of rotatable bonds is 5. The summed E-state index contributed by atoms with van der Waals surface area (Å²) in [7, 11) is 1.51. The molecule has 1 aliphatic heterocycles. The van der Waals surface area contributed by atoms with E-state index < -0.39 is 17.7 Å². The zero-order valence-electron chi connectivity index (χ0n) is 18.3. The third kappa shape index (κ3) is 4.09. The largest absolute Gasteiger partial charge is 0.507 e. The van der Waals surface area contributed by atoms with E-state index in [4.69, 9.17) is 27.9 Å². The Labute approximate surface area is 209 Å². The molecule has 2 heterocycles. The number of nitrogens with zero attached hydrogens (tertiary/aromatic N) is 2. The molecule has 3 aromatic rings. The van der Waals surface area contributed by atoms with E-state index in [-0.39, 0.29) is 27.3 Å². The maximum Gasteiger partial charge on any atom is 0.301 e. The maximum atomic E-state index is 13.2. The number of aromatic nitrogens is 1. The Morgan fingerprint density at radius 3 is 2.38 bits per heavy atom. The molecule has 1 saturated heterocycles. The highest BCUT2D eigenvalue weighted by Crippen LogP contribution is 2.46. The topological polar surface area (TPSA) is 96.8 Å². The SMILES string of the molecule is COc1ccc(C(O)=C2C(=O)C(=O)N(c3nc(C)c(C(C)=O)s3)C2c2ccc(Cl)cc2Cl)cc1. The number of anilines is 1. The molecular formula is C24H18Cl2N2O5S. The van der Waals surface area contributed by atoms with Crippen LogP contribution in [0.4, 0.5) is 5.13 Å². The Balaban J connectivity index is 1.96. The molecule has 0 spiro atoms. The number of methoxy groups -OCH3 is 1. The Kier molecular flexibility index (Phi) is 6.49. The van der Waals surface area contributed by atoms with Crippen LogP contribution in [0.5, 0.6) is 5.75 Å². The molecule has 1 unspecified atom stereocenters. The van der Waals surface area contributed by atoms with Gasteiger partial charge in [0.15, 0.2) is 10.9 Å². The molecular weight excluding hydrogens is 499 g/mol. The van der Waals surface area contributed by atoms with Gasteiger partial charge in [-0.15, -0.1) is 0 Å². The van der Waals surface area contributed by atoms with E-state index in [1.54, 1.807) is 43.3 Å². The number of ketones is 2. The van der Waals surface area contributed by atoms with Crippen molar-refractivity contribution in [1.29, 1.82) is 0 Å². The predicted octanol–water partition coefficient (Wildman–Crippen LogP) is 5.60. The van der Waals surface area contributed by atoms with Crippen LogP contribution in [0.2, 0.25) is 10.0 Å². The number of aliphatic hydroxyl groups excluding tert-OH is 1. The first-order valence-electron chi connectivity index (χ1n) is 10.0. The van der Waals surface area contributed by atoms with Gasteiger partial charge in [-0.05, 0) is 48.9 Å². The van der Waals surface area contributed by atoms with E-state index in [9.17, 15) is 19.5 Å². The summed E-state index contributed by atoms with van der Waals surface area (Å²) < 4.78 is 5.15. The molecule has 0 saturated carbocycles. The third-order valence-electron chi connectivity index (χ3n) is 5.38. The van der Waals surface area contributed by atoms with Gasteiger partial charge in [0, 0.05) is 22.5 Å². The van der Waals surface area contributed by atoms with E-state index in [1.807, 2.05) is 0 Å². The lowest BCUT2D eigenvalue weighted by Gasteiger charge is -2.24. The first-order valence-corrected chi connectivity index (χ1v) is 11.6. The summed E-state index contributed by atoms with van der Waals surface area (Å²) in [5.41, 5.74) is 0.966. The second-order valence-corrected chi connectivity index (χ2v) is 9.35. The summed E-state index contributed by atoms with van der Waals surface area (Å²) in [6.45, 7) is 3.05. The lowest BCUT2D eigenvalue weighted by Crippen LogP contribution is -2.29. The minimum Gasteiger partial charge on any atom is -0.507 e. The van der Waals surface area contributed by atoms with Crippen molar-refractivity contribution in [2.75, 3.05) is 12.0 Å². The molecule has 7 nitrogen and oxygen atoms in total. The number of ether oxygens (including phenoxy) is 1. The molecule has 0 bridgehead atoms. The van der Waals surface area contributed by atoms with Gasteiger partial charge in [0.25, 0.3) is 5.78 Å². The number of aryl methyl sites for hydroxylation is 1. The fraction of sp³-hybridized carbons (Fsp3) is 0.167. The van der Waals surface area contributed by atoms with Crippen molar-refractivity contribution in [2.45, 2.75) is 19.9 Å². The summed E-state index contributed by atoms with van der Waals surface area (Å²) in [6.07, 6.45) is 0. The lowest BCUT2D eigenvalue weighted by atomic mass is 9.95. The summed E-state index contributed by atoms with van der Waals surface area (Å²) in [4.78, 5) is 44.4. The fourth-order valence-corrected chi connectivity index (χ4v) is 5.26. The smallest absolute Gasteiger partial charge is 0.301 e. The minimum atomic E-state index is -1.09. The lowest BCUT2D eigenvalue weighted by molar-refractivity contribution is -0.132. The molecule has 10 heteroatoms. The maximum absolute atomic E-state index is 13.2. The summed E-state index contributed by atoms with van der Waals surface area (Å²) in [6, 6.07) is 9.95. The standard InChI is InChI=1S/C24H18Cl2N2O5S/c1-11-22(12(2)29)34-24(27-11)28-19(16-9-6-14(25)10-17(16)26)18(21(31)23(28)32)20(30)13-4-7-15(33-3)8-5-13/h4-10,19,30H,1-3H3. The number of thiazole rings is 1. The zero-order valence-corrected chi connectivity index (χ0v) is 20.6. The number of hydrogen-bond donors (Lipinski definition) is 1. The zero-order chi connectivity index (χ0) is 24.7. The number of amides is 1. The number of carbonyl (C=O) groups excluding carboxylic acids is 3. The van der Waals surface area contributed by atoms with E-state index in [0.29, 0.717) is 32.5 Å². The second kappa shape index (κ2) is 9.21. The van der Waals surface area contributed by atoms with Crippen molar-refractivity contribution in [2.24, 2.45) is 0 Å². The van der Waals surface area contributed by atoms with Crippen LogP contribution < -0.4 is 9.64 Å². The van der Waals surface area contributed by atoms with Crippen LogP contribution in [0, 0.1) is 6.92 Å². The van der Waals surface area contributed by atoms with Crippen LogP contribution >= 0.6 is 34.5 Å². The third-order valence-corrected chi connectivity index (χ3v) is 7.20. The molecule has 34 heavy (non-hydrogen) atoms. The minimum absolute atomic E-state index is 0.148. The number of carbonyl (C=O) groups is 3. The van der Waals surface area contributed by atoms with Crippen molar-refractivity contribution in [3.63, 3.8) is 0 Å². The Hall–Kier alpha value is -3.20. The van der Waals surface area contributed by atoms with Crippen LogP contribution in [0.15, 0.2) is 48.0 Å². The molecule has 1 N–H and O–H groups in total. The summed E-state index contributed by atoms with van der Waals surface area (Å²) >= 11 is 13.5. The van der Waals surface area contributed by atoms with Gasteiger partial charge in [-0.25, -0.2) is 4.98 Å². The number of aliphatic hydroxyl groups is 1. The number of Topliss-reactive ketones (excluding diaryl/α,β-unsaturated/α-hetero) is 2. The van der Waals surface area contributed by atoms with Gasteiger partial charge in [-0.1, -0.05) is 40.6 Å². The van der Waals surface area contributed by atoms with Gasteiger partial charge in [0.2, 0.25) is 0 Å². The molecule has 174 valence electrons. The number of hydrogen-bond acceptors (Lipinski definition) is 7. The Morgan fingerprint density at radius 1 is 1.15 bits per heavy atom. The Morgan fingerprint density at radius 2 is 1.82 bits per heavy atom. The molecule has 2 aromatic carbocycles. The molecule has 0 aliphatic carbocycles. The van der Waals surface area contributed by atoms with Gasteiger partial charge in [-0.2, -0.15) is 0 Å². The first-order chi connectivity index (χ1) is 16.1. The summed E-state index contributed by atoms with van der Waals surface area (Å²) in [5, 5.41) is 11.9. The van der Waals surface area contributed by atoms with Crippen LogP contribution in [-0.2, 0) is 9.59 Å². The fourth-order valence-electron chi connectivity index (χ4n) is 3.76. The number of halogens is 2. The predicted molar refractivity (Wildman–Crippen MR) is 131 cm³/mol. The van der Waals surface area contributed by atoms with Crippen LogP contribution in [-0.4, -0.2) is 34.7 Å². The molecule has 0 radical (unpaired) electrons. The Bertz CT molecular complexity index is 1360. The van der Waals surface area contributed by atoms with Gasteiger partial charge < -0.3 is 9.84 Å². The summed E-state index contributed by atoms with van der Waals surface area (Å²) in [5.74, 6) is -1.82. The van der Waals surface area contributed by atoms with Crippen molar-refractivity contribution < 1.29 is 24.2 Å². The highest BCUT2D eigenvalue weighted by atomic mass is 35.5. The average Bonchev–Trinajstić information content (AvgIpc) is 3.30. The van der Waals surface area contributed by atoms with E-state index >= 15 is 0 Å². The highest BCUT2D eigenvalue weighted by molar-refractivity contribution is 7.18. The van der Waals surface area contributed by atoms with Crippen molar-refractivity contribution >= 4 is 62.9 Å². The average molecular weight is 517 g/mol. The second-order valence-electron chi connectivity index (χ2n) is 7.53. The van der Waals surface area contributed by atoms with Crippen molar-refractivity contribution in [3.8, 4) is 5.75 Å². The quantitative estimate of drug-likeness (QED) is 0.205. The van der Waals surface area contributed by atoms with Gasteiger partial charge in [0.05, 0.1) is 29.3 Å². The van der Waals surface area contributed by atoms with Crippen molar-refractivity contribution in [3.05, 3.63) is 79.8 Å². The molecule has 4 rings (SSSR count). The first kappa shape index (κ1) is 23.9. The normalized spacial score (nSPS) is 17.3. The molecule has 1 fully saturated rings. The van der Waals surface area contributed by atoms with Gasteiger partial charge in [-0.3, -0.25) is 19.3 Å². The molecule has 1 amide bonds. The van der Waals surface area contributed by atoms with Crippen molar-refractivity contribution in [1.82, 2.24) is 4.98 Å². The van der Waals surface area contributed by atoms with Crippen LogP contribution in [0.1, 0.15) is 39.5 Å². The van der Waals surface area contributed by atoms with Crippen LogP contribution in [0.3, 0.4) is 0 Å². The van der Waals surface area contributed by atoms with E-state index in [0.717, 1.165) is 16.2 Å². The van der Waals surface area contributed by atoms with E-state index in [1.165, 1.54) is 20.1 Å². The molecule has 1 atom stereocenters. The molecule has 1 aliphatic rings. The highest BCUT2D eigenvalue weighted by Gasteiger charge is 2.49. The van der Waals surface area contributed by atoms with Gasteiger partial charge >= 0.3 is 5.91 Å². The van der Waals surface area contributed by atoms with Gasteiger partial charge in [0.1, 0.15) is 11.5 Å². The van der Waals surface area contributed by atoms with E-state index in [2.05, 4.69) is 4.98 Å². The van der Waals surface area contributed by atoms with Crippen LogP contribution in [0.25, 0.3) is 5.76 Å². The molecule has 1 aromatic heterocycles. The number of benzene rings is 2.